The van der Waals surface area contributed by atoms with E-state index in [9.17, 15) is 4.39 Å². The molecule has 15 heavy (non-hydrogen) atoms. The smallest absolute Gasteiger partial charge is 0.123 e. The SMILES string of the molecule is Fc1ccc2c(c1)[C@@H]1CNC[C@@H]1CCO2. The third-order valence-electron chi connectivity index (χ3n) is 3.46. The van der Waals surface area contributed by atoms with Gasteiger partial charge in [0.1, 0.15) is 11.6 Å². The topological polar surface area (TPSA) is 21.3 Å². The first-order valence-corrected chi connectivity index (χ1v) is 5.47. The molecule has 1 aromatic rings. The lowest BCUT2D eigenvalue weighted by Gasteiger charge is -2.15. The van der Waals surface area contributed by atoms with Crippen LogP contribution < -0.4 is 10.1 Å². The first kappa shape index (κ1) is 9.16. The Labute approximate surface area is 88.4 Å². The highest BCUT2D eigenvalue weighted by Crippen LogP contribution is 2.38. The number of rotatable bonds is 0. The quantitative estimate of drug-likeness (QED) is 0.701. The fourth-order valence-corrected chi connectivity index (χ4v) is 2.66. The molecule has 0 saturated carbocycles. The fraction of sp³-hybridized carbons (Fsp3) is 0.500. The van der Waals surface area contributed by atoms with Gasteiger partial charge in [0.25, 0.3) is 0 Å². The van der Waals surface area contributed by atoms with Gasteiger partial charge < -0.3 is 10.1 Å². The summed E-state index contributed by atoms with van der Waals surface area (Å²) in [6, 6.07) is 4.86. The monoisotopic (exact) mass is 207 g/mol. The third kappa shape index (κ3) is 1.51. The summed E-state index contributed by atoms with van der Waals surface area (Å²) in [5.41, 5.74) is 1.04. The van der Waals surface area contributed by atoms with Crippen molar-refractivity contribution in [3.05, 3.63) is 29.6 Å². The Morgan fingerprint density at radius 2 is 2.27 bits per heavy atom. The first-order valence-electron chi connectivity index (χ1n) is 5.47. The molecule has 1 fully saturated rings. The Bertz CT molecular complexity index is 380. The molecule has 80 valence electrons. The zero-order valence-electron chi connectivity index (χ0n) is 8.50. The van der Waals surface area contributed by atoms with Crippen LogP contribution in [0, 0.1) is 11.7 Å². The molecule has 0 aromatic heterocycles. The maximum Gasteiger partial charge on any atom is 0.123 e. The zero-order chi connectivity index (χ0) is 10.3. The summed E-state index contributed by atoms with van der Waals surface area (Å²) in [6.07, 6.45) is 1.06. The van der Waals surface area contributed by atoms with E-state index in [2.05, 4.69) is 5.32 Å². The molecule has 1 aromatic carbocycles. The Kier molecular flexibility index (Phi) is 2.13. The predicted octanol–water partition coefficient (Wildman–Crippen LogP) is 1.91. The van der Waals surface area contributed by atoms with Gasteiger partial charge in [0.2, 0.25) is 0 Å². The van der Waals surface area contributed by atoms with E-state index in [0.29, 0.717) is 11.8 Å². The van der Waals surface area contributed by atoms with Crippen molar-refractivity contribution in [1.82, 2.24) is 5.32 Å². The second-order valence-corrected chi connectivity index (χ2v) is 4.34. The minimum absolute atomic E-state index is 0.162. The zero-order valence-corrected chi connectivity index (χ0v) is 8.50. The van der Waals surface area contributed by atoms with Crippen LogP contribution in [0.25, 0.3) is 0 Å². The highest BCUT2D eigenvalue weighted by atomic mass is 19.1. The molecule has 0 radical (unpaired) electrons. The lowest BCUT2D eigenvalue weighted by Crippen LogP contribution is -2.11. The van der Waals surface area contributed by atoms with E-state index >= 15 is 0 Å². The maximum absolute atomic E-state index is 13.2. The van der Waals surface area contributed by atoms with Crippen LogP contribution in [0.4, 0.5) is 4.39 Å². The summed E-state index contributed by atoms with van der Waals surface area (Å²) >= 11 is 0. The van der Waals surface area contributed by atoms with Crippen molar-refractivity contribution < 1.29 is 9.13 Å². The van der Waals surface area contributed by atoms with E-state index in [-0.39, 0.29) is 5.82 Å². The number of hydrogen-bond acceptors (Lipinski definition) is 2. The summed E-state index contributed by atoms with van der Waals surface area (Å²) in [4.78, 5) is 0. The number of benzene rings is 1. The minimum Gasteiger partial charge on any atom is -0.493 e. The van der Waals surface area contributed by atoms with Crippen molar-refractivity contribution in [3.8, 4) is 5.75 Å². The van der Waals surface area contributed by atoms with Crippen LogP contribution >= 0.6 is 0 Å². The highest BCUT2D eigenvalue weighted by Gasteiger charge is 2.32. The molecule has 0 bridgehead atoms. The number of hydrogen-bond donors (Lipinski definition) is 1. The Hall–Kier alpha value is -1.09. The highest BCUT2D eigenvalue weighted by molar-refractivity contribution is 5.39. The standard InChI is InChI=1S/C12H14FNO/c13-9-1-2-12-10(5-9)11-7-14-6-8(11)3-4-15-12/h1-2,5,8,11,14H,3-4,6-7H2/t8-,11+/m0/s1. The number of nitrogens with one attached hydrogen (secondary N) is 1. The number of halogens is 1. The Balaban J connectivity index is 2.06. The molecule has 0 spiro atoms. The van der Waals surface area contributed by atoms with Crippen molar-refractivity contribution in [2.45, 2.75) is 12.3 Å². The predicted molar refractivity (Wildman–Crippen MR) is 55.6 cm³/mol. The van der Waals surface area contributed by atoms with Crippen LogP contribution in [0.15, 0.2) is 18.2 Å². The van der Waals surface area contributed by atoms with Crippen LogP contribution in [0.5, 0.6) is 5.75 Å². The largest absolute Gasteiger partial charge is 0.493 e. The van der Waals surface area contributed by atoms with Gasteiger partial charge in [-0.2, -0.15) is 0 Å². The molecule has 1 saturated heterocycles. The number of fused-ring (bicyclic) bond motifs is 3. The van der Waals surface area contributed by atoms with Gasteiger partial charge in [-0.15, -0.1) is 0 Å². The van der Waals surface area contributed by atoms with Crippen molar-refractivity contribution in [2.24, 2.45) is 5.92 Å². The second kappa shape index (κ2) is 3.49. The summed E-state index contributed by atoms with van der Waals surface area (Å²) in [7, 11) is 0. The van der Waals surface area contributed by atoms with Gasteiger partial charge in [-0.25, -0.2) is 4.39 Å². The molecule has 0 aliphatic carbocycles. The molecule has 1 N–H and O–H groups in total. The van der Waals surface area contributed by atoms with Gasteiger partial charge in [0.15, 0.2) is 0 Å². The van der Waals surface area contributed by atoms with Crippen molar-refractivity contribution in [1.29, 1.82) is 0 Å². The second-order valence-electron chi connectivity index (χ2n) is 4.34. The molecule has 3 rings (SSSR count). The first-order chi connectivity index (χ1) is 7.34. The van der Waals surface area contributed by atoms with Crippen LogP contribution in [0.1, 0.15) is 17.9 Å². The summed E-state index contributed by atoms with van der Waals surface area (Å²) in [6.45, 7) is 2.73. The Morgan fingerprint density at radius 1 is 1.33 bits per heavy atom. The lowest BCUT2D eigenvalue weighted by molar-refractivity contribution is 0.296. The molecule has 2 heterocycles. The molecule has 0 amide bonds. The summed E-state index contributed by atoms with van der Waals surface area (Å²) in [5, 5.41) is 3.37. The maximum atomic E-state index is 13.2. The summed E-state index contributed by atoms with van der Waals surface area (Å²) < 4.78 is 18.9. The van der Waals surface area contributed by atoms with Crippen molar-refractivity contribution in [3.63, 3.8) is 0 Å². The third-order valence-corrected chi connectivity index (χ3v) is 3.46. The average Bonchev–Trinajstić information content (AvgIpc) is 2.62. The molecule has 0 unspecified atom stereocenters. The van der Waals surface area contributed by atoms with Gasteiger partial charge in [0, 0.05) is 18.0 Å². The lowest BCUT2D eigenvalue weighted by atomic mass is 9.87. The van der Waals surface area contributed by atoms with Gasteiger partial charge in [-0.3, -0.25) is 0 Å². The summed E-state index contributed by atoms with van der Waals surface area (Å²) in [5.74, 6) is 1.74. The van der Waals surface area contributed by atoms with E-state index in [4.69, 9.17) is 4.74 Å². The minimum atomic E-state index is -0.162. The van der Waals surface area contributed by atoms with Crippen LogP contribution in [-0.2, 0) is 0 Å². The van der Waals surface area contributed by atoms with Gasteiger partial charge in [0.05, 0.1) is 6.61 Å². The average molecular weight is 207 g/mol. The van der Waals surface area contributed by atoms with E-state index in [1.54, 1.807) is 12.1 Å². The van der Waals surface area contributed by atoms with E-state index in [1.807, 2.05) is 0 Å². The normalized spacial score (nSPS) is 28.9. The Morgan fingerprint density at radius 3 is 3.20 bits per heavy atom. The molecule has 2 aliphatic rings. The van der Waals surface area contributed by atoms with Crippen LogP contribution in [0.3, 0.4) is 0 Å². The molecule has 3 heteroatoms. The van der Waals surface area contributed by atoms with Gasteiger partial charge in [-0.1, -0.05) is 0 Å². The van der Waals surface area contributed by atoms with Crippen molar-refractivity contribution in [2.75, 3.05) is 19.7 Å². The molecule has 2 nitrogen and oxygen atoms in total. The molecular formula is C12H14FNO. The molecule has 2 atom stereocenters. The fourth-order valence-electron chi connectivity index (χ4n) is 2.66. The molecule has 2 aliphatic heterocycles. The van der Waals surface area contributed by atoms with E-state index in [0.717, 1.165) is 37.4 Å². The number of ether oxygens (including phenoxy) is 1. The van der Waals surface area contributed by atoms with E-state index < -0.39 is 0 Å². The van der Waals surface area contributed by atoms with Crippen LogP contribution in [-0.4, -0.2) is 19.7 Å². The van der Waals surface area contributed by atoms with E-state index in [1.165, 1.54) is 6.07 Å². The van der Waals surface area contributed by atoms with Gasteiger partial charge >= 0.3 is 0 Å². The molecular weight excluding hydrogens is 193 g/mol. The van der Waals surface area contributed by atoms with Crippen molar-refractivity contribution >= 4 is 0 Å². The van der Waals surface area contributed by atoms with Crippen LogP contribution in [0.2, 0.25) is 0 Å². The van der Waals surface area contributed by atoms with Gasteiger partial charge in [-0.05, 0) is 37.1 Å².